The molecule has 0 saturated carbocycles. The van der Waals surface area contributed by atoms with Gasteiger partial charge in [0.15, 0.2) is 0 Å². The van der Waals surface area contributed by atoms with Gasteiger partial charge in [0.2, 0.25) is 0 Å². The van der Waals surface area contributed by atoms with E-state index >= 15 is 0 Å². The molecule has 8 heteroatoms. The van der Waals surface area contributed by atoms with Gasteiger partial charge in [0, 0.05) is 0 Å². The normalized spacial score (nSPS) is 14.7. The van der Waals surface area contributed by atoms with Crippen LogP contribution in [0.15, 0.2) is 0 Å². The molecule has 0 aliphatic heterocycles. The Labute approximate surface area is 92.3 Å². The van der Waals surface area contributed by atoms with Crippen LogP contribution in [-0.2, 0) is 9.59 Å². The number of carboxylic acid groups (broad SMARTS) is 2. The predicted octanol–water partition coefficient (Wildman–Crippen LogP) is -2.10. The second-order valence-electron chi connectivity index (χ2n) is 2.41. The van der Waals surface area contributed by atoms with Crippen molar-refractivity contribution in [3.63, 3.8) is 0 Å². The fourth-order valence-corrected chi connectivity index (χ4v) is 6.47. The molecule has 0 spiro atoms. The van der Waals surface area contributed by atoms with Gasteiger partial charge in [-0.15, -0.1) is 0 Å². The van der Waals surface area contributed by atoms with Crippen molar-refractivity contribution >= 4 is 38.2 Å². The first kappa shape index (κ1) is 13.9. The molecule has 0 saturated heterocycles. The van der Waals surface area contributed by atoms with Crippen LogP contribution in [0.1, 0.15) is 6.42 Å². The van der Waals surface area contributed by atoms with Crippen molar-refractivity contribution in [3.05, 3.63) is 0 Å². The molecule has 0 amide bonds. The average molecular weight is 334 g/mol. The number of rotatable bonds is 7. The molecule has 6 N–H and O–H groups in total. The van der Waals surface area contributed by atoms with Crippen LogP contribution in [0.3, 0.4) is 0 Å². The molecule has 0 aromatic rings. The van der Waals surface area contributed by atoms with E-state index in [9.17, 15) is 9.59 Å². The molecule has 82 valence electrons. The Morgan fingerprint density at radius 2 is 1.79 bits per heavy atom. The zero-order chi connectivity index (χ0) is 11.1. The summed E-state index contributed by atoms with van der Waals surface area (Å²) in [6.45, 7) is 0. The van der Waals surface area contributed by atoms with Gasteiger partial charge in [0.05, 0.1) is 0 Å². The molecule has 0 radical (unpaired) electrons. The Balaban J connectivity index is 3.47. The van der Waals surface area contributed by atoms with Crippen LogP contribution in [0, 0.1) is 0 Å². The van der Waals surface area contributed by atoms with Gasteiger partial charge >= 0.3 is 92.2 Å². The molecule has 6 nitrogen and oxygen atoms in total. The molecular formula is C6H12N2O4Se2. The maximum atomic E-state index is 10.3. The summed E-state index contributed by atoms with van der Waals surface area (Å²) in [6, 6.07) is -0.839. The molecular weight excluding hydrogens is 322 g/mol. The summed E-state index contributed by atoms with van der Waals surface area (Å²) in [4.78, 5) is 19.8. The third-order valence-electron chi connectivity index (χ3n) is 1.24. The Hall–Kier alpha value is -0.101. The Morgan fingerprint density at radius 1 is 1.21 bits per heavy atom. The molecule has 0 aliphatic carbocycles. The van der Waals surface area contributed by atoms with E-state index in [4.69, 9.17) is 21.7 Å². The van der Waals surface area contributed by atoms with Crippen LogP contribution in [0.25, 0.3) is 0 Å². The predicted molar refractivity (Wildman–Crippen MR) is 52.2 cm³/mol. The van der Waals surface area contributed by atoms with Gasteiger partial charge in [-0.3, -0.25) is 0 Å². The van der Waals surface area contributed by atoms with E-state index < -0.39 is 22.9 Å². The molecule has 0 rings (SSSR count). The standard InChI is InChI=1S/C6H12N2O4Se2/c7-3(5(9)10)1-2-13-14-4(8)6(11)12/h3-4H,1-2,7-8H2,(H,9,10)(H,11,12)/t3-,4+/m0/s1. The Bertz CT molecular complexity index is 192. The number of hydrogen-bond acceptors (Lipinski definition) is 4. The van der Waals surface area contributed by atoms with E-state index in [2.05, 4.69) is 0 Å². The van der Waals surface area contributed by atoms with Crippen LogP contribution in [-0.4, -0.2) is 59.4 Å². The zero-order valence-electron chi connectivity index (χ0n) is 7.25. The van der Waals surface area contributed by atoms with Crippen molar-refractivity contribution in [2.45, 2.75) is 22.7 Å². The summed E-state index contributed by atoms with van der Waals surface area (Å²) in [5.41, 5.74) is 10.6. The Morgan fingerprint density at radius 3 is 2.21 bits per heavy atom. The molecule has 0 aromatic carbocycles. The van der Waals surface area contributed by atoms with Crippen molar-refractivity contribution in [2.24, 2.45) is 11.5 Å². The summed E-state index contributed by atoms with van der Waals surface area (Å²) < 4.78 is 0. The zero-order valence-corrected chi connectivity index (χ0v) is 10.7. The van der Waals surface area contributed by atoms with Crippen LogP contribution >= 0.6 is 0 Å². The quantitative estimate of drug-likeness (QED) is 0.312. The van der Waals surface area contributed by atoms with E-state index in [1.54, 1.807) is 0 Å². The van der Waals surface area contributed by atoms with Gasteiger partial charge in [-0.05, 0) is 0 Å². The summed E-state index contributed by atoms with van der Waals surface area (Å²) in [7, 11) is 0. The van der Waals surface area contributed by atoms with Gasteiger partial charge in [0.1, 0.15) is 0 Å². The van der Waals surface area contributed by atoms with E-state index in [1.165, 1.54) is 0 Å². The van der Waals surface area contributed by atoms with Gasteiger partial charge in [-0.2, -0.15) is 0 Å². The fourth-order valence-electron chi connectivity index (χ4n) is 0.461. The van der Waals surface area contributed by atoms with Crippen LogP contribution in [0.4, 0.5) is 0 Å². The first-order valence-corrected chi connectivity index (χ1v) is 10.2. The van der Waals surface area contributed by atoms with E-state index in [-0.39, 0.29) is 26.3 Å². The Kier molecular flexibility index (Phi) is 7.17. The monoisotopic (exact) mass is 336 g/mol. The van der Waals surface area contributed by atoms with Crippen LogP contribution < -0.4 is 11.5 Å². The summed E-state index contributed by atoms with van der Waals surface area (Å²) in [5.74, 6) is -2.01. The summed E-state index contributed by atoms with van der Waals surface area (Å²) in [5, 5.41) is 17.6. The average Bonchev–Trinajstić information content (AvgIpc) is 2.11. The third-order valence-corrected chi connectivity index (χ3v) is 8.79. The van der Waals surface area contributed by atoms with Crippen LogP contribution in [0.5, 0.6) is 0 Å². The molecule has 2 atom stereocenters. The number of nitrogens with two attached hydrogens (primary N) is 2. The SMILES string of the molecule is N[C@H]([Se][Se]CC[C@H](N)C(=O)O)C(=O)O. The van der Waals surface area contributed by atoms with E-state index in [0.29, 0.717) is 11.7 Å². The van der Waals surface area contributed by atoms with Crippen molar-refractivity contribution < 1.29 is 19.8 Å². The van der Waals surface area contributed by atoms with E-state index in [0.717, 1.165) is 0 Å². The number of hydrogen-bond donors (Lipinski definition) is 4. The van der Waals surface area contributed by atoms with Crippen molar-refractivity contribution in [2.75, 3.05) is 0 Å². The van der Waals surface area contributed by atoms with Gasteiger partial charge < -0.3 is 0 Å². The molecule has 0 unspecified atom stereocenters. The number of aliphatic carboxylic acids is 2. The first-order chi connectivity index (χ1) is 6.45. The van der Waals surface area contributed by atoms with Crippen molar-refractivity contribution in [3.8, 4) is 0 Å². The van der Waals surface area contributed by atoms with Gasteiger partial charge in [-0.25, -0.2) is 0 Å². The van der Waals surface area contributed by atoms with Crippen molar-refractivity contribution in [1.82, 2.24) is 0 Å². The summed E-state index contributed by atoms with van der Waals surface area (Å²) >= 11 is -0.0189. The molecule has 14 heavy (non-hydrogen) atoms. The summed E-state index contributed by atoms with van der Waals surface area (Å²) in [6.07, 6.45) is 0.392. The number of carboxylic acids is 2. The molecule has 0 bridgehead atoms. The topological polar surface area (TPSA) is 127 Å². The molecule has 0 heterocycles. The van der Waals surface area contributed by atoms with Gasteiger partial charge in [-0.1, -0.05) is 0 Å². The minimum absolute atomic E-state index is 0.109. The van der Waals surface area contributed by atoms with E-state index in [1.807, 2.05) is 0 Å². The van der Waals surface area contributed by atoms with Crippen LogP contribution in [0.2, 0.25) is 5.32 Å². The minimum atomic E-state index is -1.02. The second-order valence-corrected chi connectivity index (χ2v) is 9.90. The van der Waals surface area contributed by atoms with Crippen molar-refractivity contribution in [1.29, 1.82) is 0 Å². The third kappa shape index (κ3) is 6.37. The fraction of sp³-hybridized carbons (Fsp3) is 0.667. The second kappa shape index (κ2) is 7.22. The molecule has 0 fully saturated rings. The molecule has 0 aromatic heterocycles. The number of carbonyl (C=O) groups is 2. The molecule has 0 aliphatic rings. The first-order valence-electron chi connectivity index (χ1n) is 3.70. The maximum absolute atomic E-state index is 10.3. The van der Waals surface area contributed by atoms with Gasteiger partial charge in [0.25, 0.3) is 0 Å².